The molecule has 0 saturated heterocycles. The minimum absolute atomic E-state index is 0.706. The Labute approximate surface area is 117 Å². The van der Waals surface area contributed by atoms with Crippen molar-refractivity contribution < 1.29 is 0 Å². The van der Waals surface area contributed by atoms with Crippen LogP contribution in [0.4, 0.5) is 0 Å². The summed E-state index contributed by atoms with van der Waals surface area (Å²) in [5.74, 6) is 3.00. The predicted octanol–water partition coefficient (Wildman–Crippen LogP) is 4.03. The van der Waals surface area contributed by atoms with Crippen LogP contribution in [0.25, 0.3) is 0 Å². The van der Waals surface area contributed by atoms with Crippen molar-refractivity contribution in [3.8, 4) is 0 Å². The van der Waals surface area contributed by atoms with E-state index < -0.39 is 0 Å². The van der Waals surface area contributed by atoms with E-state index in [1.54, 1.807) is 0 Å². The molecule has 2 aliphatic rings. The minimum atomic E-state index is 0.706. The molecule has 1 aromatic carbocycles. The fourth-order valence-electron chi connectivity index (χ4n) is 4.36. The summed E-state index contributed by atoms with van der Waals surface area (Å²) < 4.78 is 0. The Morgan fingerprint density at radius 3 is 2.63 bits per heavy atom. The molecule has 3 rings (SSSR count). The molecule has 2 saturated carbocycles. The molecule has 1 nitrogen and oxygen atoms in total. The lowest BCUT2D eigenvalue weighted by atomic mass is 9.81. The van der Waals surface area contributed by atoms with Crippen LogP contribution < -0.4 is 5.32 Å². The fourth-order valence-corrected chi connectivity index (χ4v) is 4.36. The van der Waals surface area contributed by atoms with Crippen LogP contribution in [0, 0.1) is 17.8 Å². The van der Waals surface area contributed by atoms with Gasteiger partial charge in [0.1, 0.15) is 0 Å². The van der Waals surface area contributed by atoms with Gasteiger partial charge in [0.05, 0.1) is 0 Å². The molecule has 0 radical (unpaired) electrons. The van der Waals surface area contributed by atoms with Gasteiger partial charge < -0.3 is 5.32 Å². The standard InChI is InChI=1S/C18H27N/c1-2-10-19-18(13-14-6-4-3-5-7-14)17-12-15-8-9-16(17)11-15/h3-7,15-19H,2,8-13H2,1H3. The lowest BCUT2D eigenvalue weighted by molar-refractivity contribution is 0.247. The number of hydrogen-bond acceptors (Lipinski definition) is 1. The maximum Gasteiger partial charge on any atom is 0.0138 e. The molecular formula is C18H27N. The molecule has 0 heterocycles. The molecule has 0 amide bonds. The second-order valence-corrected chi connectivity index (χ2v) is 6.59. The van der Waals surface area contributed by atoms with E-state index in [1.807, 2.05) is 0 Å². The lowest BCUT2D eigenvalue weighted by Gasteiger charge is -2.31. The van der Waals surface area contributed by atoms with Gasteiger partial charge in [-0.15, -0.1) is 0 Å². The zero-order chi connectivity index (χ0) is 13.1. The molecule has 104 valence electrons. The monoisotopic (exact) mass is 257 g/mol. The first kappa shape index (κ1) is 13.2. The second-order valence-electron chi connectivity index (χ2n) is 6.59. The first-order chi connectivity index (χ1) is 9.36. The summed E-state index contributed by atoms with van der Waals surface area (Å²) in [6.45, 7) is 3.44. The van der Waals surface area contributed by atoms with Gasteiger partial charge >= 0.3 is 0 Å². The number of benzene rings is 1. The van der Waals surface area contributed by atoms with Crippen molar-refractivity contribution in [2.24, 2.45) is 17.8 Å². The molecule has 4 unspecified atom stereocenters. The van der Waals surface area contributed by atoms with Gasteiger partial charge in [0.25, 0.3) is 0 Å². The Bertz CT molecular complexity index is 386. The van der Waals surface area contributed by atoms with E-state index in [0.29, 0.717) is 6.04 Å². The normalized spacial score (nSPS) is 30.7. The van der Waals surface area contributed by atoms with E-state index in [2.05, 4.69) is 42.6 Å². The quantitative estimate of drug-likeness (QED) is 0.811. The zero-order valence-corrected chi connectivity index (χ0v) is 12.1. The van der Waals surface area contributed by atoms with Crippen molar-refractivity contribution >= 4 is 0 Å². The van der Waals surface area contributed by atoms with E-state index in [9.17, 15) is 0 Å². The molecule has 2 bridgehead atoms. The summed E-state index contributed by atoms with van der Waals surface area (Å²) in [6, 6.07) is 11.7. The number of nitrogens with one attached hydrogen (secondary N) is 1. The van der Waals surface area contributed by atoms with E-state index in [-0.39, 0.29) is 0 Å². The molecule has 4 atom stereocenters. The van der Waals surface area contributed by atoms with Crippen LogP contribution in [0.5, 0.6) is 0 Å². The van der Waals surface area contributed by atoms with Gasteiger partial charge in [0.15, 0.2) is 0 Å². The third-order valence-corrected chi connectivity index (χ3v) is 5.26. The Balaban J connectivity index is 1.67. The second kappa shape index (κ2) is 6.09. The number of hydrogen-bond donors (Lipinski definition) is 1. The van der Waals surface area contributed by atoms with E-state index in [4.69, 9.17) is 0 Å². The van der Waals surface area contributed by atoms with Crippen LogP contribution in [-0.4, -0.2) is 12.6 Å². The van der Waals surface area contributed by atoms with Crippen LogP contribution in [-0.2, 0) is 6.42 Å². The average Bonchev–Trinajstić information content (AvgIpc) is 3.07. The predicted molar refractivity (Wildman–Crippen MR) is 81.2 cm³/mol. The zero-order valence-electron chi connectivity index (χ0n) is 12.1. The number of rotatable bonds is 6. The highest BCUT2D eigenvalue weighted by Crippen LogP contribution is 2.49. The average molecular weight is 257 g/mol. The number of fused-ring (bicyclic) bond motifs is 2. The van der Waals surface area contributed by atoms with Crippen LogP contribution in [0.15, 0.2) is 30.3 Å². The third kappa shape index (κ3) is 3.02. The van der Waals surface area contributed by atoms with Gasteiger partial charge in [-0.2, -0.15) is 0 Å². The lowest BCUT2D eigenvalue weighted by Crippen LogP contribution is -2.40. The Hall–Kier alpha value is -0.820. The fraction of sp³-hybridized carbons (Fsp3) is 0.667. The minimum Gasteiger partial charge on any atom is -0.313 e. The highest BCUT2D eigenvalue weighted by molar-refractivity contribution is 5.16. The van der Waals surface area contributed by atoms with Gasteiger partial charge in [-0.25, -0.2) is 0 Å². The van der Waals surface area contributed by atoms with Gasteiger partial charge in [0.2, 0.25) is 0 Å². The van der Waals surface area contributed by atoms with Crippen molar-refractivity contribution in [2.45, 2.75) is 51.5 Å². The van der Waals surface area contributed by atoms with Crippen LogP contribution in [0.2, 0.25) is 0 Å². The van der Waals surface area contributed by atoms with E-state index >= 15 is 0 Å². The molecule has 0 aliphatic heterocycles. The van der Waals surface area contributed by atoms with Crippen molar-refractivity contribution in [3.05, 3.63) is 35.9 Å². The molecule has 0 spiro atoms. The first-order valence-corrected chi connectivity index (χ1v) is 8.14. The largest absolute Gasteiger partial charge is 0.313 e. The SMILES string of the molecule is CCCNC(Cc1ccccc1)C1CC2CCC1C2. The summed E-state index contributed by atoms with van der Waals surface area (Å²) in [5, 5.41) is 3.84. The molecule has 2 fully saturated rings. The highest BCUT2D eigenvalue weighted by Gasteiger charge is 2.42. The van der Waals surface area contributed by atoms with Crippen LogP contribution >= 0.6 is 0 Å². The van der Waals surface area contributed by atoms with Crippen molar-refractivity contribution in [1.29, 1.82) is 0 Å². The van der Waals surface area contributed by atoms with Crippen LogP contribution in [0.3, 0.4) is 0 Å². The van der Waals surface area contributed by atoms with Gasteiger partial charge in [-0.3, -0.25) is 0 Å². The van der Waals surface area contributed by atoms with Crippen molar-refractivity contribution in [2.75, 3.05) is 6.54 Å². The third-order valence-electron chi connectivity index (χ3n) is 5.26. The molecule has 2 aliphatic carbocycles. The summed E-state index contributed by atoms with van der Waals surface area (Å²) >= 11 is 0. The molecule has 19 heavy (non-hydrogen) atoms. The molecular weight excluding hydrogens is 230 g/mol. The summed E-state index contributed by atoms with van der Waals surface area (Å²) in [5.41, 5.74) is 1.50. The van der Waals surface area contributed by atoms with Gasteiger partial charge in [-0.05, 0) is 62.0 Å². The summed E-state index contributed by atoms with van der Waals surface area (Å²) in [4.78, 5) is 0. The van der Waals surface area contributed by atoms with E-state index in [0.717, 1.165) is 17.8 Å². The molecule has 1 heteroatoms. The van der Waals surface area contributed by atoms with Crippen molar-refractivity contribution in [3.63, 3.8) is 0 Å². The van der Waals surface area contributed by atoms with Crippen molar-refractivity contribution in [1.82, 2.24) is 5.32 Å². The van der Waals surface area contributed by atoms with Gasteiger partial charge in [-0.1, -0.05) is 43.7 Å². The van der Waals surface area contributed by atoms with E-state index in [1.165, 1.54) is 50.6 Å². The first-order valence-electron chi connectivity index (χ1n) is 8.14. The summed E-state index contributed by atoms with van der Waals surface area (Å²) in [6.07, 6.45) is 8.46. The maximum absolute atomic E-state index is 3.84. The summed E-state index contributed by atoms with van der Waals surface area (Å²) in [7, 11) is 0. The Morgan fingerprint density at radius 2 is 2.00 bits per heavy atom. The Kier molecular flexibility index (Phi) is 4.22. The Morgan fingerprint density at radius 1 is 1.16 bits per heavy atom. The molecule has 0 aromatic heterocycles. The van der Waals surface area contributed by atoms with Crippen LogP contribution in [0.1, 0.15) is 44.6 Å². The highest BCUT2D eigenvalue weighted by atomic mass is 14.9. The topological polar surface area (TPSA) is 12.0 Å². The molecule has 1 N–H and O–H groups in total. The van der Waals surface area contributed by atoms with Gasteiger partial charge in [0, 0.05) is 6.04 Å². The smallest absolute Gasteiger partial charge is 0.0138 e. The molecule has 1 aromatic rings. The maximum atomic E-state index is 3.84.